The van der Waals surface area contributed by atoms with Crippen LogP contribution in [0.4, 0.5) is 0 Å². The molecule has 18 heavy (non-hydrogen) atoms. The van der Waals surface area contributed by atoms with Crippen LogP contribution in [0.3, 0.4) is 0 Å². The summed E-state index contributed by atoms with van der Waals surface area (Å²) >= 11 is 0. The summed E-state index contributed by atoms with van der Waals surface area (Å²) in [5.41, 5.74) is 4.73. The fourth-order valence-corrected chi connectivity index (χ4v) is 3.43. The van der Waals surface area contributed by atoms with Gasteiger partial charge in [-0.15, -0.1) is 0 Å². The van der Waals surface area contributed by atoms with Gasteiger partial charge in [0.25, 0.3) is 0 Å². The average Bonchev–Trinajstić information content (AvgIpc) is 2.45. The number of fused-ring (bicyclic) bond motifs is 3. The molecule has 2 atom stereocenters. The fraction of sp³-hybridized carbons (Fsp3) is 0.375. The molecule has 0 N–H and O–H groups in total. The molecule has 0 saturated heterocycles. The van der Waals surface area contributed by atoms with E-state index < -0.39 is 0 Å². The summed E-state index contributed by atoms with van der Waals surface area (Å²) in [5.74, 6) is 1.71. The van der Waals surface area contributed by atoms with Gasteiger partial charge in [-0.3, -0.25) is 4.98 Å². The largest absolute Gasteiger partial charge is 0.255 e. The molecule has 2 aliphatic carbocycles. The van der Waals surface area contributed by atoms with Crippen LogP contribution in [0.2, 0.25) is 0 Å². The van der Waals surface area contributed by atoms with E-state index >= 15 is 0 Å². The zero-order valence-electron chi connectivity index (χ0n) is 10.3. The van der Waals surface area contributed by atoms with Gasteiger partial charge < -0.3 is 0 Å². The lowest BCUT2D eigenvalue weighted by molar-refractivity contribution is 0.218. The molecule has 0 aromatic carbocycles. The van der Waals surface area contributed by atoms with Gasteiger partial charge in [-0.25, -0.2) is 4.98 Å². The van der Waals surface area contributed by atoms with Crippen LogP contribution in [0, 0.1) is 11.8 Å². The molecule has 0 aliphatic heterocycles. The zero-order chi connectivity index (χ0) is 11.9. The molecule has 2 aromatic rings. The monoisotopic (exact) mass is 236 g/mol. The van der Waals surface area contributed by atoms with Crippen molar-refractivity contribution in [2.75, 3.05) is 0 Å². The molecule has 4 rings (SSSR count). The first-order valence-corrected chi connectivity index (χ1v) is 6.83. The van der Waals surface area contributed by atoms with Crippen molar-refractivity contribution < 1.29 is 0 Å². The molecule has 2 nitrogen and oxygen atoms in total. The molecule has 0 spiro atoms. The van der Waals surface area contributed by atoms with Crippen molar-refractivity contribution in [3.05, 3.63) is 41.7 Å². The van der Waals surface area contributed by atoms with Gasteiger partial charge in [0.2, 0.25) is 0 Å². The van der Waals surface area contributed by atoms with Crippen LogP contribution in [0.5, 0.6) is 0 Å². The van der Waals surface area contributed by atoms with Crippen molar-refractivity contribution in [1.29, 1.82) is 0 Å². The van der Waals surface area contributed by atoms with E-state index in [9.17, 15) is 0 Å². The summed E-state index contributed by atoms with van der Waals surface area (Å²) < 4.78 is 0. The Hall–Kier alpha value is -1.70. The maximum Gasteiger partial charge on any atom is 0.0893 e. The van der Waals surface area contributed by atoms with E-state index in [0.717, 1.165) is 28.6 Å². The third kappa shape index (κ3) is 1.56. The van der Waals surface area contributed by atoms with Crippen molar-refractivity contribution >= 4 is 17.1 Å². The molecule has 0 amide bonds. The SMILES string of the molecule is C(=C1C2CCCC1C2)c1ccc2ncccc2n1. The van der Waals surface area contributed by atoms with Gasteiger partial charge in [-0.1, -0.05) is 12.0 Å². The molecule has 2 fully saturated rings. The molecular weight excluding hydrogens is 220 g/mol. The van der Waals surface area contributed by atoms with Gasteiger partial charge in [0, 0.05) is 6.20 Å². The van der Waals surface area contributed by atoms with Crippen molar-refractivity contribution in [3.63, 3.8) is 0 Å². The number of hydrogen-bond donors (Lipinski definition) is 0. The van der Waals surface area contributed by atoms with Gasteiger partial charge in [-0.05, 0) is 61.4 Å². The Morgan fingerprint density at radius 2 is 1.94 bits per heavy atom. The standard InChI is InChI=1S/C16H16N2/c1-3-11-9-12(4-1)14(11)10-13-6-7-15-16(18-13)5-2-8-17-15/h2,5-8,10-12H,1,3-4,9H2. The predicted octanol–water partition coefficient (Wildman–Crippen LogP) is 3.83. The molecule has 2 aromatic heterocycles. The minimum absolute atomic E-state index is 0.857. The van der Waals surface area contributed by atoms with Crippen LogP contribution in [-0.2, 0) is 0 Å². The molecule has 2 unspecified atom stereocenters. The number of nitrogens with zero attached hydrogens (tertiary/aromatic N) is 2. The smallest absolute Gasteiger partial charge is 0.0893 e. The Balaban J connectivity index is 1.73. The van der Waals surface area contributed by atoms with Crippen LogP contribution in [0.15, 0.2) is 36.0 Å². The quantitative estimate of drug-likeness (QED) is 0.752. The first kappa shape index (κ1) is 10.2. The lowest BCUT2D eigenvalue weighted by atomic mass is 9.61. The second-order valence-electron chi connectivity index (χ2n) is 5.48. The molecule has 90 valence electrons. The number of pyridine rings is 2. The van der Waals surface area contributed by atoms with Gasteiger partial charge >= 0.3 is 0 Å². The third-order valence-electron chi connectivity index (χ3n) is 4.41. The molecule has 2 aliphatic rings. The summed E-state index contributed by atoms with van der Waals surface area (Å²) in [7, 11) is 0. The number of aromatic nitrogens is 2. The maximum atomic E-state index is 4.69. The average molecular weight is 236 g/mol. The van der Waals surface area contributed by atoms with E-state index in [4.69, 9.17) is 0 Å². The lowest BCUT2D eigenvalue weighted by Gasteiger charge is -2.44. The Kier molecular flexibility index (Phi) is 2.22. The topological polar surface area (TPSA) is 25.8 Å². The minimum Gasteiger partial charge on any atom is -0.255 e. The Bertz CT molecular complexity index is 614. The highest BCUT2D eigenvalue weighted by molar-refractivity contribution is 5.75. The van der Waals surface area contributed by atoms with Crippen LogP contribution in [-0.4, -0.2) is 9.97 Å². The van der Waals surface area contributed by atoms with E-state index in [2.05, 4.69) is 28.2 Å². The number of allylic oxidation sites excluding steroid dienone is 1. The van der Waals surface area contributed by atoms with E-state index in [1.54, 1.807) is 5.57 Å². The second-order valence-corrected chi connectivity index (χ2v) is 5.48. The minimum atomic E-state index is 0.857. The van der Waals surface area contributed by atoms with Crippen molar-refractivity contribution in [1.82, 2.24) is 9.97 Å². The van der Waals surface area contributed by atoms with Crippen molar-refractivity contribution in [2.45, 2.75) is 25.7 Å². The maximum absolute atomic E-state index is 4.69. The molecule has 2 saturated carbocycles. The highest BCUT2D eigenvalue weighted by atomic mass is 14.7. The Labute approximate surface area is 107 Å². The van der Waals surface area contributed by atoms with Gasteiger partial charge in [0.05, 0.1) is 16.7 Å². The Morgan fingerprint density at radius 3 is 2.78 bits per heavy atom. The summed E-state index contributed by atoms with van der Waals surface area (Å²) in [6.07, 6.45) is 9.75. The van der Waals surface area contributed by atoms with Crippen LogP contribution < -0.4 is 0 Å². The predicted molar refractivity (Wildman–Crippen MR) is 73.0 cm³/mol. The second kappa shape index (κ2) is 3.91. The van der Waals surface area contributed by atoms with Gasteiger partial charge in [0.15, 0.2) is 0 Å². The first-order valence-electron chi connectivity index (χ1n) is 6.83. The van der Waals surface area contributed by atoms with E-state index in [0.29, 0.717) is 0 Å². The van der Waals surface area contributed by atoms with Crippen molar-refractivity contribution in [3.8, 4) is 0 Å². The number of hydrogen-bond acceptors (Lipinski definition) is 2. The third-order valence-corrected chi connectivity index (χ3v) is 4.41. The normalized spacial score (nSPS) is 25.9. The van der Waals surface area contributed by atoms with E-state index in [-0.39, 0.29) is 0 Å². The Morgan fingerprint density at radius 1 is 1.06 bits per heavy atom. The lowest BCUT2D eigenvalue weighted by Crippen LogP contribution is -2.32. The highest BCUT2D eigenvalue weighted by Gasteiger charge is 2.37. The molecule has 2 heterocycles. The van der Waals surface area contributed by atoms with E-state index in [1.165, 1.54) is 25.7 Å². The molecule has 2 bridgehead atoms. The molecule has 0 radical (unpaired) electrons. The van der Waals surface area contributed by atoms with E-state index in [1.807, 2.05) is 18.3 Å². The first-order chi connectivity index (χ1) is 8.90. The van der Waals surface area contributed by atoms with Crippen molar-refractivity contribution in [2.24, 2.45) is 11.8 Å². The van der Waals surface area contributed by atoms with Gasteiger partial charge in [0.1, 0.15) is 0 Å². The molecular formula is C16H16N2. The fourth-order valence-electron chi connectivity index (χ4n) is 3.43. The van der Waals surface area contributed by atoms with Gasteiger partial charge in [-0.2, -0.15) is 0 Å². The summed E-state index contributed by atoms with van der Waals surface area (Å²) in [5, 5.41) is 0. The van der Waals surface area contributed by atoms with Crippen LogP contribution in [0.25, 0.3) is 17.1 Å². The van der Waals surface area contributed by atoms with Crippen LogP contribution in [0.1, 0.15) is 31.4 Å². The summed E-state index contributed by atoms with van der Waals surface area (Å²) in [6, 6.07) is 8.15. The van der Waals surface area contributed by atoms with Crippen LogP contribution >= 0.6 is 0 Å². The molecule has 2 heteroatoms. The highest BCUT2D eigenvalue weighted by Crippen LogP contribution is 2.50. The number of rotatable bonds is 1. The zero-order valence-corrected chi connectivity index (χ0v) is 10.3. The summed E-state index contributed by atoms with van der Waals surface area (Å²) in [4.78, 5) is 9.00. The summed E-state index contributed by atoms with van der Waals surface area (Å²) in [6.45, 7) is 0.